The smallest absolute Gasteiger partial charge is 0.390 e. The lowest BCUT2D eigenvalue weighted by Gasteiger charge is -2.21. The van der Waals surface area contributed by atoms with Crippen molar-refractivity contribution < 1.29 is 23.1 Å². The molecule has 0 unspecified atom stereocenters. The standard InChI is InChI=1S/C12H17F3N4O2/c1-17(2)8-5-19(6-9(8)20)11(21)7-4-10(12(13,14)15)18(3)16-7/h4,8-9,20H,5-6H2,1-3H3/t8-,9-/m1/s1. The maximum absolute atomic E-state index is 12.7. The van der Waals surface area contributed by atoms with Crippen LogP contribution in [0.4, 0.5) is 13.2 Å². The Balaban J connectivity index is 2.19. The minimum Gasteiger partial charge on any atom is -0.390 e. The van der Waals surface area contributed by atoms with Crippen LogP contribution in [-0.4, -0.2) is 69.9 Å². The number of hydrogen-bond donors (Lipinski definition) is 1. The summed E-state index contributed by atoms with van der Waals surface area (Å²) in [5, 5.41) is 13.5. The number of aliphatic hydroxyl groups is 1. The number of likely N-dealkylation sites (N-methyl/N-ethyl adjacent to an activating group) is 1. The average molecular weight is 306 g/mol. The van der Waals surface area contributed by atoms with Crippen molar-refractivity contribution in [1.82, 2.24) is 19.6 Å². The Morgan fingerprint density at radius 1 is 1.43 bits per heavy atom. The van der Waals surface area contributed by atoms with Gasteiger partial charge in [-0.1, -0.05) is 0 Å². The molecule has 1 fully saturated rings. The van der Waals surface area contributed by atoms with E-state index < -0.39 is 23.9 Å². The number of halogens is 3. The number of hydrogen-bond acceptors (Lipinski definition) is 4. The largest absolute Gasteiger partial charge is 0.433 e. The number of aromatic nitrogens is 2. The molecule has 1 aromatic heterocycles. The second-order valence-corrected chi connectivity index (χ2v) is 5.34. The predicted molar refractivity (Wildman–Crippen MR) is 67.6 cm³/mol. The Morgan fingerprint density at radius 3 is 2.48 bits per heavy atom. The first-order chi connectivity index (χ1) is 9.61. The highest BCUT2D eigenvalue weighted by atomic mass is 19.4. The third kappa shape index (κ3) is 3.03. The molecule has 0 bridgehead atoms. The lowest BCUT2D eigenvalue weighted by atomic mass is 10.2. The number of carbonyl (C=O) groups excluding carboxylic acids is 1. The Hall–Kier alpha value is -1.61. The van der Waals surface area contributed by atoms with Gasteiger partial charge in [0.1, 0.15) is 5.69 Å². The van der Waals surface area contributed by atoms with Crippen LogP contribution in [0.1, 0.15) is 16.2 Å². The van der Waals surface area contributed by atoms with Crippen LogP contribution < -0.4 is 0 Å². The van der Waals surface area contributed by atoms with E-state index in [1.807, 2.05) is 0 Å². The third-order valence-electron chi connectivity index (χ3n) is 3.60. The van der Waals surface area contributed by atoms with Gasteiger partial charge >= 0.3 is 6.18 Å². The van der Waals surface area contributed by atoms with E-state index >= 15 is 0 Å². The van der Waals surface area contributed by atoms with Gasteiger partial charge < -0.3 is 14.9 Å². The van der Waals surface area contributed by atoms with Crippen LogP contribution >= 0.6 is 0 Å². The fourth-order valence-electron chi connectivity index (χ4n) is 2.44. The van der Waals surface area contributed by atoms with Crippen molar-refractivity contribution in [2.45, 2.75) is 18.3 Å². The molecule has 9 heteroatoms. The third-order valence-corrected chi connectivity index (χ3v) is 3.60. The SMILES string of the molecule is CN(C)[C@@H]1CN(C(=O)c2cc(C(F)(F)F)n(C)n2)C[C@H]1O. The van der Waals surface area contributed by atoms with Crippen LogP contribution in [0.15, 0.2) is 6.07 Å². The lowest BCUT2D eigenvalue weighted by Crippen LogP contribution is -2.38. The van der Waals surface area contributed by atoms with Gasteiger partial charge in [-0.05, 0) is 14.1 Å². The monoisotopic (exact) mass is 306 g/mol. The van der Waals surface area contributed by atoms with Crippen molar-refractivity contribution in [3.63, 3.8) is 0 Å². The maximum Gasteiger partial charge on any atom is 0.433 e. The molecule has 0 saturated carbocycles. The van der Waals surface area contributed by atoms with Gasteiger partial charge in [0.15, 0.2) is 5.69 Å². The average Bonchev–Trinajstić information content (AvgIpc) is 2.91. The van der Waals surface area contributed by atoms with E-state index in [9.17, 15) is 23.1 Å². The zero-order chi connectivity index (χ0) is 15.9. The van der Waals surface area contributed by atoms with Crippen molar-refractivity contribution in [3.05, 3.63) is 17.5 Å². The number of nitrogens with zero attached hydrogens (tertiary/aromatic N) is 4. The second-order valence-electron chi connectivity index (χ2n) is 5.34. The summed E-state index contributed by atoms with van der Waals surface area (Å²) in [5.41, 5.74) is -1.24. The van der Waals surface area contributed by atoms with Gasteiger partial charge in [0.25, 0.3) is 5.91 Å². The molecule has 0 radical (unpaired) electrons. The highest BCUT2D eigenvalue weighted by molar-refractivity contribution is 5.92. The van der Waals surface area contributed by atoms with Gasteiger partial charge in [-0.3, -0.25) is 9.48 Å². The van der Waals surface area contributed by atoms with Crippen LogP contribution in [0.2, 0.25) is 0 Å². The minimum absolute atomic E-state index is 0.0829. The predicted octanol–water partition coefficient (Wildman–Crippen LogP) is 0.186. The molecule has 1 aromatic rings. The van der Waals surface area contributed by atoms with Crippen molar-refractivity contribution in [3.8, 4) is 0 Å². The molecule has 2 rings (SSSR count). The highest BCUT2D eigenvalue weighted by Gasteiger charge is 2.39. The fraction of sp³-hybridized carbons (Fsp3) is 0.667. The summed E-state index contributed by atoms with van der Waals surface area (Å²) in [6, 6.07) is 0.497. The summed E-state index contributed by atoms with van der Waals surface area (Å²) < 4.78 is 38.7. The molecule has 1 N–H and O–H groups in total. The molecule has 21 heavy (non-hydrogen) atoms. The summed E-state index contributed by atoms with van der Waals surface area (Å²) in [5.74, 6) is -0.607. The molecular weight excluding hydrogens is 289 g/mol. The highest BCUT2D eigenvalue weighted by Crippen LogP contribution is 2.29. The quantitative estimate of drug-likeness (QED) is 0.847. The minimum atomic E-state index is -4.56. The Kier molecular flexibility index (Phi) is 3.98. The summed E-state index contributed by atoms with van der Waals surface area (Å²) in [6.45, 7) is 0.338. The normalized spacial score (nSPS) is 23.1. The number of aliphatic hydroxyl groups excluding tert-OH is 1. The van der Waals surface area contributed by atoms with E-state index in [1.54, 1.807) is 19.0 Å². The van der Waals surface area contributed by atoms with Gasteiger partial charge in [0.2, 0.25) is 0 Å². The Bertz CT molecular complexity index is 541. The van der Waals surface area contributed by atoms with E-state index in [4.69, 9.17) is 0 Å². The first kappa shape index (κ1) is 15.8. The summed E-state index contributed by atoms with van der Waals surface area (Å²) in [7, 11) is 4.68. The zero-order valence-electron chi connectivity index (χ0n) is 11.9. The molecule has 2 heterocycles. The van der Waals surface area contributed by atoms with Crippen molar-refractivity contribution in [2.75, 3.05) is 27.2 Å². The second kappa shape index (κ2) is 5.30. The van der Waals surface area contributed by atoms with Gasteiger partial charge in [-0.2, -0.15) is 18.3 Å². The number of amides is 1. The molecular formula is C12H17F3N4O2. The molecule has 1 aliphatic heterocycles. The number of carbonyl (C=O) groups is 1. The number of aryl methyl sites for hydroxylation is 1. The summed E-state index contributed by atoms with van der Waals surface area (Å²) in [4.78, 5) is 15.3. The Labute approximate surface area is 119 Å². The molecule has 6 nitrogen and oxygen atoms in total. The van der Waals surface area contributed by atoms with Crippen LogP contribution in [0.5, 0.6) is 0 Å². The molecule has 0 spiro atoms. The van der Waals surface area contributed by atoms with Gasteiger partial charge in [-0.15, -0.1) is 0 Å². The number of rotatable bonds is 2. The molecule has 1 aliphatic rings. The lowest BCUT2D eigenvalue weighted by molar-refractivity contribution is -0.143. The van der Waals surface area contributed by atoms with Crippen LogP contribution in [-0.2, 0) is 13.2 Å². The van der Waals surface area contributed by atoms with Crippen molar-refractivity contribution >= 4 is 5.91 Å². The maximum atomic E-state index is 12.7. The number of β-amino-alcohol motifs (C(OH)–C–C–N with tert-alkyl or cyclic N) is 1. The number of likely N-dealkylation sites (tertiary alicyclic amines) is 1. The first-order valence-electron chi connectivity index (χ1n) is 6.36. The molecule has 1 saturated heterocycles. The molecule has 118 valence electrons. The van der Waals surface area contributed by atoms with E-state index in [2.05, 4.69) is 5.10 Å². The van der Waals surface area contributed by atoms with E-state index in [0.29, 0.717) is 4.68 Å². The van der Waals surface area contributed by atoms with Crippen molar-refractivity contribution in [2.24, 2.45) is 7.05 Å². The zero-order valence-corrected chi connectivity index (χ0v) is 11.9. The van der Waals surface area contributed by atoms with E-state index in [0.717, 1.165) is 13.1 Å². The van der Waals surface area contributed by atoms with Crippen LogP contribution in [0, 0.1) is 0 Å². The molecule has 0 aliphatic carbocycles. The topological polar surface area (TPSA) is 61.6 Å². The molecule has 1 amide bonds. The van der Waals surface area contributed by atoms with Crippen molar-refractivity contribution in [1.29, 1.82) is 0 Å². The number of alkyl halides is 3. The molecule has 2 atom stereocenters. The van der Waals surface area contributed by atoms with Crippen LogP contribution in [0.25, 0.3) is 0 Å². The fourth-order valence-corrected chi connectivity index (χ4v) is 2.44. The van der Waals surface area contributed by atoms with Gasteiger partial charge in [0.05, 0.1) is 12.1 Å². The first-order valence-corrected chi connectivity index (χ1v) is 6.36. The van der Waals surface area contributed by atoms with E-state index in [1.165, 1.54) is 4.90 Å². The molecule has 0 aromatic carbocycles. The van der Waals surface area contributed by atoms with Crippen LogP contribution in [0.3, 0.4) is 0 Å². The summed E-state index contributed by atoms with van der Waals surface area (Å²) in [6.07, 6.45) is -5.29. The van der Waals surface area contributed by atoms with E-state index in [-0.39, 0.29) is 24.8 Å². The van der Waals surface area contributed by atoms with Gasteiger partial charge in [0, 0.05) is 26.2 Å². The van der Waals surface area contributed by atoms with Gasteiger partial charge in [-0.25, -0.2) is 0 Å². The summed E-state index contributed by atoms with van der Waals surface area (Å²) >= 11 is 0. The Morgan fingerprint density at radius 2 is 2.05 bits per heavy atom.